The quantitative estimate of drug-likeness (QED) is 0.777. The van der Waals surface area contributed by atoms with Gasteiger partial charge < -0.3 is 15.1 Å². The van der Waals surface area contributed by atoms with Gasteiger partial charge in [-0.2, -0.15) is 0 Å². The van der Waals surface area contributed by atoms with Crippen molar-refractivity contribution in [1.82, 2.24) is 15.2 Å². The predicted octanol–water partition coefficient (Wildman–Crippen LogP) is 1.89. The van der Waals surface area contributed by atoms with Crippen molar-refractivity contribution in [1.29, 1.82) is 0 Å². The number of hydrogen-bond acceptors (Lipinski definition) is 4. The maximum absolute atomic E-state index is 4.73. The minimum atomic E-state index is 0.881. The van der Waals surface area contributed by atoms with E-state index in [2.05, 4.69) is 55.2 Å². The number of pyridine rings is 1. The molecule has 1 aromatic heterocycles. The van der Waals surface area contributed by atoms with Crippen molar-refractivity contribution in [2.75, 3.05) is 45.7 Å². The van der Waals surface area contributed by atoms with Crippen molar-refractivity contribution in [3.05, 3.63) is 23.4 Å². The number of aryl methyl sites for hydroxylation is 1. The van der Waals surface area contributed by atoms with Crippen LogP contribution in [0.15, 0.2) is 12.1 Å². The average Bonchev–Trinajstić information content (AvgIpc) is 2.37. The van der Waals surface area contributed by atoms with E-state index in [0.717, 1.165) is 37.7 Å². The largest absolute Gasteiger partial charge is 0.357 e. The Labute approximate surface area is 117 Å². The van der Waals surface area contributed by atoms with Crippen molar-refractivity contribution in [3.8, 4) is 0 Å². The van der Waals surface area contributed by atoms with E-state index >= 15 is 0 Å². The second-order valence-corrected chi connectivity index (χ2v) is 5.18. The molecule has 0 amide bonds. The Morgan fingerprint density at radius 1 is 1.21 bits per heavy atom. The average molecular weight is 264 g/mol. The number of nitrogens with zero attached hydrogens (tertiary/aromatic N) is 3. The van der Waals surface area contributed by atoms with Crippen LogP contribution in [0.5, 0.6) is 0 Å². The molecule has 0 radical (unpaired) electrons. The molecule has 4 heteroatoms. The van der Waals surface area contributed by atoms with Crippen molar-refractivity contribution in [2.45, 2.75) is 26.8 Å². The fraction of sp³-hybridized carbons (Fsp3) is 0.667. The van der Waals surface area contributed by atoms with Gasteiger partial charge in [-0.25, -0.2) is 4.98 Å². The Bertz CT molecular complexity index is 376. The summed E-state index contributed by atoms with van der Waals surface area (Å²) in [6, 6.07) is 4.32. The van der Waals surface area contributed by atoms with Crippen LogP contribution in [0.3, 0.4) is 0 Å². The van der Waals surface area contributed by atoms with E-state index in [1.807, 2.05) is 7.05 Å². The van der Waals surface area contributed by atoms with Crippen molar-refractivity contribution < 1.29 is 0 Å². The molecule has 0 aromatic carbocycles. The summed E-state index contributed by atoms with van der Waals surface area (Å²) in [4.78, 5) is 9.30. The van der Waals surface area contributed by atoms with Gasteiger partial charge in [-0.05, 0) is 59.6 Å². The van der Waals surface area contributed by atoms with Crippen LogP contribution in [-0.2, 0) is 6.54 Å². The van der Waals surface area contributed by atoms with Gasteiger partial charge >= 0.3 is 0 Å². The van der Waals surface area contributed by atoms with Gasteiger partial charge in [0.1, 0.15) is 5.82 Å². The number of aromatic nitrogens is 1. The first-order valence-electron chi connectivity index (χ1n) is 7.09. The maximum atomic E-state index is 4.73. The molecule has 1 aromatic rings. The Balaban J connectivity index is 2.67. The molecule has 19 heavy (non-hydrogen) atoms. The highest BCUT2D eigenvalue weighted by Gasteiger charge is 2.08. The third-order valence-corrected chi connectivity index (χ3v) is 3.29. The van der Waals surface area contributed by atoms with E-state index in [1.165, 1.54) is 12.0 Å². The molecule has 0 unspecified atom stereocenters. The topological polar surface area (TPSA) is 31.4 Å². The lowest BCUT2D eigenvalue weighted by molar-refractivity contribution is 0.400. The Morgan fingerprint density at radius 3 is 2.47 bits per heavy atom. The van der Waals surface area contributed by atoms with Gasteiger partial charge in [0.15, 0.2) is 0 Å². The molecule has 0 aliphatic carbocycles. The van der Waals surface area contributed by atoms with E-state index in [-0.39, 0.29) is 0 Å². The molecule has 108 valence electrons. The number of hydrogen-bond donors (Lipinski definition) is 1. The smallest absolute Gasteiger partial charge is 0.128 e. The van der Waals surface area contributed by atoms with E-state index in [4.69, 9.17) is 4.98 Å². The van der Waals surface area contributed by atoms with Crippen molar-refractivity contribution >= 4 is 5.82 Å². The van der Waals surface area contributed by atoms with Crippen LogP contribution >= 0.6 is 0 Å². The van der Waals surface area contributed by atoms with E-state index in [1.54, 1.807) is 0 Å². The van der Waals surface area contributed by atoms with Crippen LogP contribution in [0.4, 0.5) is 5.82 Å². The SMILES string of the molecule is CCN(CCCN(C)C)c1ccc(CNC)c(C)n1. The van der Waals surface area contributed by atoms with E-state index in [0.29, 0.717) is 0 Å². The standard InChI is InChI=1S/C15H28N4/c1-6-19(11-7-10-18(4)5)15-9-8-14(12-16-3)13(2)17-15/h8-9,16H,6-7,10-12H2,1-5H3. The van der Waals surface area contributed by atoms with Gasteiger partial charge in [-0.1, -0.05) is 6.07 Å². The van der Waals surface area contributed by atoms with Crippen molar-refractivity contribution in [3.63, 3.8) is 0 Å². The van der Waals surface area contributed by atoms with Crippen LogP contribution in [0.1, 0.15) is 24.6 Å². The Morgan fingerprint density at radius 2 is 1.95 bits per heavy atom. The lowest BCUT2D eigenvalue weighted by Crippen LogP contribution is -2.28. The summed E-state index contributed by atoms with van der Waals surface area (Å²) in [5.74, 6) is 1.10. The number of nitrogens with one attached hydrogen (secondary N) is 1. The van der Waals surface area contributed by atoms with E-state index in [9.17, 15) is 0 Å². The highest BCUT2D eigenvalue weighted by atomic mass is 15.2. The van der Waals surface area contributed by atoms with Crippen LogP contribution < -0.4 is 10.2 Å². The third-order valence-electron chi connectivity index (χ3n) is 3.29. The lowest BCUT2D eigenvalue weighted by atomic mass is 10.2. The zero-order valence-corrected chi connectivity index (χ0v) is 13.0. The molecule has 1 N–H and O–H groups in total. The molecule has 1 rings (SSSR count). The molecular formula is C15H28N4. The van der Waals surface area contributed by atoms with Crippen LogP contribution in [0.25, 0.3) is 0 Å². The third kappa shape index (κ3) is 5.17. The number of rotatable bonds is 8. The predicted molar refractivity (Wildman–Crippen MR) is 82.8 cm³/mol. The summed E-state index contributed by atoms with van der Waals surface area (Å²) in [5.41, 5.74) is 2.40. The Kier molecular flexibility index (Phi) is 6.81. The molecule has 0 aliphatic heterocycles. The summed E-state index contributed by atoms with van der Waals surface area (Å²) in [6.07, 6.45) is 1.17. The monoisotopic (exact) mass is 264 g/mol. The van der Waals surface area contributed by atoms with Crippen LogP contribution in [0, 0.1) is 6.92 Å². The molecule has 0 fully saturated rings. The highest BCUT2D eigenvalue weighted by Crippen LogP contribution is 2.15. The normalized spacial score (nSPS) is 11.1. The maximum Gasteiger partial charge on any atom is 0.128 e. The minimum Gasteiger partial charge on any atom is -0.357 e. The van der Waals surface area contributed by atoms with Crippen molar-refractivity contribution in [2.24, 2.45) is 0 Å². The molecule has 0 spiro atoms. The fourth-order valence-corrected chi connectivity index (χ4v) is 2.14. The van der Waals surface area contributed by atoms with Crippen LogP contribution in [0.2, 0.25) is 0 Å². The lowest BCUT2D eigenvalue weighted by Gasteiger charge is -2.23. The highest BCUT2D eigenvalue weighted by molar-refractivity contribution is 5.41. The van der Waals surface area contributed by atoms with Gasteiger partial charge in [0.05, 0.1) is 0 Å². The molecular weight excluding hydrogens is 236 g/mol. The zero-order valence-electron chi connectivity index (χ0n) is 13.0. The molecule has 0 saturated carbocycles. The first kappa shape index (κ1) is 15.9. The number of anilines is 1. The summed E-state index contributed by atoms with van der Waals surface area (Å²) >= 11 is 0. The van der Waals surface area contributed by atoms with Gasteiger partial charge in [0.25, 0.3) is 0 Å². The Hall–Kier alpha value is -1.13. The van der Waals surface area contributed by atoms with Gasteiger partial charge in [0, 0.05) is 25.3 Å². The molecule has 0 saturated heterocycles. The molecule has 0 aliphatic rings. The minimum absolute atomic E-state index is 0.881. The molecule has 1 heterocycles. The van der Waals surface area contributed by atoms with Gasteiger partial charge in [0.2, 0.25) is 0 Å². The van der Waals surface area contributed by atoms with E-state index < -0.39 is 0 Å². The zero-order chi connectivity index (χ0) is 14.3. The van der Waals surface area contributed by atoms with Gasteiger partial charge in [-0.15, -0.1) is 0 Å². The summed E-state index contributed by atoms with van der Waals surface area (Å²) in [7, 11) is 6.20. The molecule has 0 atom stereocenters. The molecule has 4 nitrogen and oxygen atoms in total. The van der Waals surface area contributed by atoms with Gasteiger partial charge in [-0.3, -0.25) is 0 Å². The summed E-state index contributed by atoms with van der Waals surface area (Å²) in [6.45, 7) is 8.34. The first-order valence-corrected chi connectivity index (χ1v) is 7.09. The van der Waals surface area contributed by atoms with Crippen LogP contribution in [-0.4, -0.2) is 50.7 Å². The fourth-order valence-electron chi connectivity index (χ4n) is 2.14. The summed E-state index contributed by atoms with van der Waals surface area (Å²) in [5, 5.41) is 3.18. The second kappa shape index (κ2) is 8.12. The summed E-state index contributed by atoms with van der Waals surface area (Å²) < 4.78 is 0. The second-order valence-electron chi connectivity index (χ2n) is 5.18. The molecule has 0 bridgehead atoms. The first-order chi connectivity index (χ1) is 9.08.